The number of hydrogen-bond donors (Lipinski definition) is 1. The molecule has 1 fully saturated rings. The minimum Gasteiger partial charge on any atom is -0.378 e. The summed E-state index contributed by atoms with van der Waals surface area (Å²) < 4.78 is 6.04. The Bertz CT molecular complexity index is 881. The lowest BCUT2D eigenvalue weighted by Gasteiger charge is -2.31. The highest BCUT2D eigenvalue weighted by atomic mass is 16.5. The lowest BCUT2D eigenvalue weighted by atomic mass is 10.1. The number of carbonyl (C=O) groups is 1. The summed E-state index contributed by atoms with van der Waals surface area (Å²) in [5.41, 5.74) is 4.02. The van der Waals surface area contributed by atoms with Crippen LogP contribution in [0.15, 0.2) is 72.8 Å². The molecule has 2 aromatic carbocycles. The quantitative estimate of drug-likeness (QED) is 0.688. The number of hydrogen-bond acceptors (Lipinski definition) is 2. The van der Waals surface area contributed by atoms with Crippen LogP contribution in [0.4, 0.5) is 0 Å². The Balaban J connectivity index is 1.26. The highest BCUT2D eigenvalue weighted by molar-refractivity contribution is 5.93. The number of nitrogens with zero attached hydrogens (tertiary/aromatic N) is 1. The first-order valence-electron chi connectivity index (χ1n) is 9.99. The maximum absolute atomic E-state index is 12.8. The molecular formula is C24H26N2O2. The summed E-state index contributed by atoms with van der Waals surface area (Å²) in [5, 5.41) is 0. The Kier molecular flexibility index (Phi) is 5.88. The molecule has 0 spiro atoms. The molecule has 0 aliphatic carbocycles. The molecule has 144 valence electrons. The number of nitrogens with one attached hydrogen (secondary N) is 1. The third-order valence-corrected chi connectivity index (χ3v) is 5.32. The van der Waals surface area contributed by atoms with Crippen molar-refractivity contribution in [3.8, 4) is 11.3 Å². The van der Waals surface area contributed by atoms with E-state index in [9.17, 15) is 4.79 Å². The molecule has 1 aliphatic rings. The summed E-state index contributed by atoms with van der Waals surface area (Å²) in [7, 11) is 0. The number of amides is 1. The molecule has 0 saturated carbocycles. The smallest absolute Gasteiger partial charge is 0.270 e. The summed E-state index contributed by atoms with van der Waals surface area (Å²) >= 11 is 0. The molecule has 0 radical (unpaired) electrons. The zero-order valence-electron chi connectivity index (χ0n) is 16.0. The van der Waals surface area contributed by atoms with Crippen molar-refractivity contribution in [1.82, 2.24) is 9.88 Å². The number of aromatic nitrogens is 1. The lowest BCUT2D eigenvalue weighted by molar-refractivity contribution is 0.00990. The molecule has 4 rings (SSSR count). The van der Waals surface area contributed by atoms with Crippen LogP contribution in [0.5, 0.6) is 0 Å². The Morgan fingerprint density at radius 2 is 1.61 bits per heavy atom. The van der Waals surface area contributed by atoms with E-state index in [1.165, 1.54) is 5.56 Å². The molecule has 4 heteroatoms. The molecule has 28 heavy (non-hydrogen) atoms. The first-order chi connectivity index (χ1) is 13.8. The van der Waals surface area contributed by atoms with Crippen LogP contribution in [0.1, 0.15) is 28.9 Å². The average molecular weight is 374 g/mol. The van der Waals surface area contributed by atoms with Crippen molar-refractivity contribution in [1.29, 1.82) is 0 Å². The number of rotatable bonds is 6. The highest BCUT2D eigenvalue weighted by Crippen LogP contribution is 2.21. The summed E-state index contributed by atoms with van der Waals surface area (Å²) in [4.78, 5) is 18.0. The topological polar surface area (TPSA) is 45.3 Å². The van der Waals surface area contributed by atoms with Crippen LogP contribution in [-0.4, -0.2) is 41.6 Å². The van der Waals surface area contributed by atoms with Gasteiger partial charge in [-0.1, -0.05) is 60.7 Å². The van der Waals surface area contributed by atoms with Gasteiger partial charge in [-0.3, -0.25) is 4.79 Å². The Morgan fingerprint density at radius 3 is 2.32 bits per heavy atom. The Hall–Kier alpha value is -2.85. The van der Waals surface area contributed by atoms with Gasteiger partial charge in [-0.25, -0.2) is 0 Å². The van der Waals surface area contributed by atoms with Gasteiger partial charge in [-0.15, -0.1) is 0 Å². The van der Waals surface area contributed by atoms with E-state index in [1.54, 1.807) is 0 Å². The van der Waals surface area contributed by atoms with Gasteiger partial charge in [-0.2, -0.15) is 0 Å². The predicted molar refractivity (Wildman–Crippen MR) is 111 cm³/mol. The second-order valence-corrected chi connectivity index (χ2v) is 7.25. The number of aromatic amines is 1. The minimum atomic E-state index is 0.0740. The van der Waals surface area contributed by atoms with Gasteiger partial charge in [0.15, 0.2) is 0 Å². The van der Waals surface area contributed by atoms with Crippen LogP contribution in [0.3, 0.4) is 0 Å². The minimum absolute atomic E-state index is 0.0740. The molecule has 0 unspecified atom stereocenters. The molecule has 1 saturated heterocycles. The standard InChI is InChI=1S/C24H26N2O2/c27-24(23-12-11-22(25-23)20-9-5-2-6-10-20)26-16-13-21(14-17-26)28-18-15-19-7-3-1-4-8-19/h1-12,21,25H,13-18H2. The lowest BCUT2D eigenvalue weighted by Crippen LogP contribution is -2.41. The zero-order valence-corrected chi connectivity index (χ0v) is 16.0. The molecule has 1 amide bonds. The van der Waals surface area contributed by atoms with Gasteiger partial charge < -0.3 is 14.6 Å². The largest absolute Gasteiger partial charge is 0.378 e. The molecular weight excluding hydrogens is 348 g/mol. The second-order valence-electron chi connectivity index (χ2n) is 7.25. The summed E-state index contributed by atoms with van der Waals surface area (Å²) in [6, 6.07) is 24.3. The fraction of sp³-hybridized carbons (Fsp3) is 0.292. The second kappa shape index (κ2) is 8.89. The number of piperidine rings is 1. The van der Waals surface area contributed by atoms with Gasteiger partial charge >= 0.3 is 0 Å². The number of benzene rings is 2. The SMILES string of the molecule is O=C(c1ccc(-c2ccccc2)[nH]1)N1CCC(OCCc2ccccc2)CC1. The van der Waals surface area contributed by atoms with Gasteiger partial charge in [-0.05, 0) is 42.5 Å². The maximum Gasteiger partial charge on any atom is 0.270 e. The van der Waals surface area contributed by atoms with Gasteiger partial charge in [0.1, 0.15) is 5.69 Å². The number of ether oxygens (including phenoxy) is 1. The zero-order chi connectivity index (χ0) is 19.2. The van der Waals surface area contributed by atoms with E-state index < -0.39 is 0 Å². The van der Waals surface area contributed by atoms with E-state index >= 15 is 0 Å². The van der Waals surface area contributed by atoms with Crippen LogP contribution >= 0.6 is 0 Å². The maximum atomic E-state index is 12.8. The van der Waals surface area contributed by atoms with E-state index in [-0.39, 0.29) is 12.0 Å². The average Bonchev–Trinajstić information content (AvgIpc) is 3.25. The molecule has 2 heterocycles. The van der Waals surface area contributed by atoms with E-state index in [2.05, 4.69) is 29.2 Å². The van der Waals surface area contributed by atoms with Gasteiger partial charge in [0.05, 0.1) is 12.7 Å². The van der Waals surface area contributed by atoms with Gasteiger partial charge in [0.25, 0.3) is 5.91 Å². The number of H-pyrrole nitrogens is 1. The summed E-state index contributed by atoms with van der Waals surface area (Å²) in [6.07, 6.45) is 2.97. The third-order valence-electron chi connectivity index (χ3n) is 5.32. The first-order valence-corrected chi connectivity index (χ1v) is 9.99. The molecule has 1 N–H and O–H groups in total. The monoisotopic (exact) mass is 374 g/mol. The molecule has 1 aliphatic heterocycles. The fourth-order valence-electron chi connectivity index (χ4n) is 3.69. The summed E-state index contributed by atoms with van der Waals surface area (Å²) in [5.74, 6) is 0.0740. The molecule has 3 aromatic rings. The summed E-state index contributed by atoms with van der Waals surface area (Å²) in [6.45, 7) is 2.22. The van der Waals surface area contributed by atoms with Crippen molar-refractivity contribution >= 4 is 5.91 Å². The third kappa shape index (κ3) is 4.52. The van der Waals surface area contributed by atoms with Crippen LogP contribution in [-0.2, 0) is 11.2 Å². The van der Waals surface area contributed by atoms with Crippen LogP contribution in [0.2, 0.25) is 0 Å². The highest BCUT2D eigenvalue weighted by Gasteiger charge is 2.24. The van der Waals surface area contributed by atoms with Crippen molar-refractivity contribution in [3.05, 3.63) is 84.1 Å². The number of carbonyl (C=O) groups excluding carboxylic acids is 1. The van der Waals surface area contributed by atoms with Crippen molar-refractivity contribution in [2.75, 3.05) is 19.7 Å². The van der Waals surface area contributed by atoms with E-state index in [0.29, 0.717) is 5.69 Å². The molecule has 0 atom stereocenters. The Labute approximate surface area is 166 Å². The van der Waals surface area contributed by atoms with Crippen LogP contribution in [0.25, 0.3) is 11.3 Å². The number of likely N-dealkylation sites (tertiary alicyclic amines) is 1. The van der Waals surface area contributed by atoms with Crippen molar-refractivity contribution in [2.45, 2.75) is 25.4 Å². The Morgan fingerprint density at radius 1 is 0.929 bits per heavy atom. The van der Waals surface area contributed by atoms with Crippen LogP contribution in [0, 0.1) is 0 Å². The van der Waals surface area contributed by atoms with Crippen LogP contribution < -0.4 is 0 Å². The van der Waals surface area contributed by atoms with E-state index in [4.69, 9.17) is 4.74 Å². The van der Waals surface area contributed by atoms with E-state index in [0.717, 1.165) is 50.2 Å². The van der Waals surface area contributed by atoms with Gasteiger partial charge in [0, 0.05) is 18.8 Å². The van der Waals surface area contributed by atoms with E-state index in [1.807, 2.05) is 53.4 Å². The van der Waals surface area contributed by atoms with Crippen molar-refractivity contribution in [2.24, 2.45) is 0 Å². The fourth-order valence-corrected chi connectivity index (χ4v) is 3.69. The normalized spacial score (nSPS) is 14.9. The van der Waals surface area contributed by atoms with Crippen molar-refractivity contribution in [3.63, 3.8) is 0 Å². The molecule has 1 aromatic heterocycles. The van der Waals surface area contributed by atoms with Crippen molar-refractivity contribution < 1.29 is 9.53 Å². The molecule has 4 nitrogen and oxygen atoms in total. The predicted octanol–water partition coefficient (Wildman–Crippen LogP) is 4.55. The first kappa shape index (κ1) is 18.5. The van der Waals surface area contributed by atoms with Gasteiger partial charge in [0.2, 0.25) is 0 Å². The molecule has 0 bridgehead atoms.